The fourth-order valence-corrected chi connectivity index (χ4v) is 2.92. The van der Waals surface area contributed by atoms with E-state index in [-0.39, 0.29) is 30.1 Å². The number of nitrogens with zero attached hydrogens (tertiary/aromatic N) is 3. The molecule has 1 aromatic carbocycles. The maximum absolute atomic E-state index is 6.16. The van der Waals surface area contributed by atoms with Crippen LogP contribution in [0.3, 0.4) is 0 Å². The molecule has 28 heavy (non-hydrogen) atoms. The van der Waals surface area contributed by atoms with Crippen molar-refractivity contribution in [3.63, 3.8) is 0 Å². The van der Waals surface area contributed by atoms with E-state index >= 15 is 0 Å². The number of hydrogen-bond acceptors (Lipinski definition) is 4. The smallest absolute Gasteiger partial charge is 0.191 e. The first-order valence-electron chi connectivity index (χ1n) is 9.56. The van der Waals surface area contributed by atoms with Crippen LogP contribution in [-0.2, 0) is 17.8 Å². The molecule has 0 amide bonds. The normalized spacial score (nSPS) is 16.5. The second kappa shape index (κ2) is 11.9. The third-order valence-electron chi connectivity index (χ3n) is 4.38. The highest BCUT2D eigenvalue weighted by molar-refractivity contribution is 14.0. The van der Waals surface area contributed by atoms with Gasteiger partial charge in [-0.05, 0) is 25.5 Å². The monoisotopic (exact) mass is 499 g/mol. The number of guanidine groups is 1. The minimum Gasteiger partial charge on any atom is -0.488 e. The topological polar surface area (TPSA) is 72.7 Å². The van der Waals surface area contributed by atoms with Crippen LogP contribution in [0.5, 0.6) is 5.75 Å². The fraction of sp³-hybridized carbons (Fsp3) is 0.500. The molecule has 1 unspecified atom stereocenters. The lowest BCUT2D eigenvalue weighted by atomic mass is 10.1. The van der Waals surface area contributed by atoms with Gasteiger partial charge in [0.05, 0.1) is 26.1 Å². The minimum atomic E-state index is 0. The Balaban J connectivity index is 0.00000280. The number of aryl methyl sites for hydroxylation is 1. The molecule has 1 saturated heterocycles. The van der Waals surface area contributed by atoms with Crippen LogP contribution in [0, 0.1) is 6.92 Å². The van der Waals surface area contributed by atoms with Gasteiger partial charge in [-0.25, -0.2) is 9.98 Å². The Morgan fingerprint density at radius 3 is 3.00 bits per heavy atom. The molecule has 1 aliphatic rings. The molecule has 7 nitrogen and oxygen atoms in total. The number of rotatable bonds is 8. The Hall–Kier alpha value is -1.81. The zero-order chi connectivity index (χ0) is 18.9. The van der Waals surface area contributed by atoms with Crippen molar-refractivity contribution in [2.24, 2.45) is 4.99 Å². The third-order valence-corrected chi connectivity index (χ3v) is 4.38. The molecule has 154 valence electrons. The van der Waals surface area contributed by atoms with Crippen molar-refractivity contribution in [1.82, 2.24) is 20.2 Å². The average molecular weight is 499 g/mol. The molecular formula is C20H30IN5O2. The number of halogens is 1. The van der Waals surface area contributed by atoms with Gasteiger partial charge >= 0.3 is 0 Å². The Kier molecular flexibility index (Phi) is 9.56. The van der Waals surface area contributed by atoms with Crippen molar-refractivity contribution in [3.05, 3.63) is 48.0 Å². The second-order valence-electron chi connectivity index (χ2n) is 6.64. The third kappa shape index (κ3) is 6.97. The van der Waals surface area contributed by atoms with E-state index in [0.29, 0.717) is 13.2 Å². The number of nitrogens with one attached hydrogen (secondary N) is 2. The lowest BCUT2D eigenvalue weighted by Gasteiger charge is -2.16. The highest BCUT2D eigenvalue weighted by Gasteiger charge is 2.18. The lowest BCUT2D eigenvalue weighted by Crippen LogP contribution is -2.38. The van der Waals surface area contributed by atoms with E-state index in [2.05, 4.69) is 47.7 Å². The number of hydrogen-bond donors (Lipinski definition) is 2. The number of aromatic nitrogens is 2. The fourth-order valence-electron chi connectivity index (χ4n) is 2.92. The summed E-state index contributed by atoms with van der Waals surface area (Å²) in [5, 5.41) is 6.65. The molecule has 1 aromatic heterocycles. The molecule has 0 saturated carbocycles. The quantitative estimate of drug-likeness (QED) is 0.332. The maximum Gasteiger partial charge on any atom is 0.191 e. The van der Waals surface area contributed by atoms with E-state index in [0.717, 1.165) is 49.9 Å². The van der Waals surface area contributed by atoms with Crippen LogP contribution in [0.4, 0.5) is 0 Å². The largest absolute Gasteiger partial charge is 0.488 e. The number of benzene rings is 1. The first-order valence-corrected chi connectivity index (χ1v) is 9.56. The molecule has 2 heterocycles. The predicted molar refractivity (Wildman–Crippen MR) is 121 cm³/mol. The summed E-state index contributed by atoms with van der Waals surface area (Å²) >= 11 is 0. The molecule has 1 atom stereocenters. The number of ether oxygens (including phenoxy) is 2. The van der Waals surface area contributed by atoms with E-state index in [1.54, 1.807) is 6.20 Å². The van der Waals surface area contributed by atoms with Crippen LogP contribution >= 0.6 is 24.0 Å². The molecule has 1 fully saturated rings. The number of aliphatic imine (C=N–C) groups is 1. The Labute approximate surface area is 184 Å². The summed E-state index contributed by atoms with van der Waals surface area (Å²) in [5.41, 5.74) is 2.27. The minimum absolute atomic E-state index is 0. The van der Waals surface area contributed by atoms with E-state index in [1.807, 2.05) is 17.1 Å². The van der Waals surface area contributed by atoms with Gasteiger partial charge < -0.3 is 24.7 Å². The Bertz CT molecular complexity index is 730. The van der Waals surface area contributed by atoms with Crippen LogP contribution in [0.25, 0.3) is 0 Å². The molecule has 2 aromatic rings. The highest BCUT2D eigenvalue weighted by atomic mass is 127. The Morgan fingerprint density at radius 2 is 2.29 bits per heavy atom. The number of imidazole rings is 1. The zero-order valence-electron chi connectivity index (χ0n) is 16.6. The first kappa shape index (κ1) is 22.5. The van der Waals surface area contributed by atoms with Crippen molar-refractivity contribution < 1.29 is 9.47 Å². The average Bonchev–Trinajstić information content (AvgIpc) is 3.35. The van der Waals surface area contributed by atoms with E-state index in [9.17, 15) is 0 Å². The van der Waals surface area contributed by atoms with E-state index in [4.69, 9.17) is 14.5 Å². The molecule has 0 aliphatic carbocycles. The Morgan fingerprint density at radius 1 is 1.39 bits per heavy atom. The van der Waals surface area contributed by atoms with Crippen LogP contribution in [0.1, 0.15) is 24.5 Å². The highest BCUT2D eigenvalue weighted by Crippen LogP contribution is 2.24. The SMILES string of the molecule is CCNC(=NCc1ccc(C)cc1OC1CCOC1)NCCn1ccnc1.I. The summed E-state index contributed by atoms with van der Waals surface area (Å²) in [6.07, 6.45) is 6.63. The molecule has 0 bridgehead atoms. The van der Waals surface area contributed by atoms with Gasteiger partial charge in [-0.1, -0.05) is 12.1 Å². The van der Waals surface area contributed by atoms with Gasteiger partial charge in [0, 0.05) is 44.0 Å². The summed E-state index contributed by atoms with van der Waals surface area (Å²) in [6.45, 7) is 8.56. The molecule has 8 heteroatoms. The van der Waals surface area contributed by atoms with Crippen LogP contribution in [0.2, 0.25) is 0 Å². The maximum atomic E-state index is 6.16. The summed E-state index contributed by atoms with van der Waals surface area (Å²) in [7, 11) is 0. The van der Waals surface area contributed by atoms with Gasteiger partial charge in [-0.15, -0.1) is 24.0 Å². The van der Waals surface area contributed by atoms with Gasteiger partial charge in [-0.3, -0.25) is 0 Å². The molecule has 1 aliphatic heterocycles. The van der Waals surface area contributed by atoms with Gasteiger partial charge in [0.1, 0.15) is 11.9 Å². The van der Waals surface area contributed by atoms with Crippen molar-refractivity contribution >= 4 is 29.9 Å². The predicted octanol–water partition coefficient (Wildman–Crippen LogP) is 2.73. The van der Waals surface area contributed by atoms with Gasteiger partial charge in [0.25, 0.3) is 0 Å². The molecule has 3 rings (SSSR count). The summed E-state index contributed by atoms with van der Waals surface area (Å²) in [4.78, 5) is 8.78. The standard InChI is InChI=1S/C20H29N5O2.HI/c1-3-22-20(23-8-10-25-9-7-21-15-25)24-13-17-5-4-16(2)12-19(17)27-18-6-11-26-14-18;/h4-5,7,9,12,15,18H,3,6,8,10-11,13-14H2,1-2H3,(H2,22,23,24);1H. The van der Waals surface area contributed by atoms with E-state index < -0.39 is 0 Å². The molecule has 2 N–H and O–H groups in total. The molecule has 0 radical (unpaired) electrons. The van der Waals surface area contributed by atoms with Crippen molar-refractivity contribution in [2.75, 3.05) is 26.3 Å². The van der Waals surface area contributed by atoms with Crippen molar-refractivity contribution in [3.8, 4) is 5.75 Å². The van der Waals surface area contributed by atoms with Crippen LogP contribution < -0.4 is 15.4 Å². The summed E-state index contributed by atoms with van der Waals surface area (Å²) < 4.78 is 13.6. The van der Waals surface area contributed by atoms with Crippen LogP contribution in [-0.4, -0.2) is 47.9 Å². The van der Waals surface area contributed by atoms with Crippen molar-refractivity contribution in [1.29, 1.82) is 0 Å². The van der Waals surface area contributed by atoms with Crippen LogP contribution in [0.15, 0.2) is 41.9 Å². The van der Waals surface area contributed by atoms with Gasteiger partial charge in [0.15, 0.2) is 5.96 Å². The zero-order valence-corrected chi connectivity index (χ0v) is 18.9. The second-order valence-corrected chi connectivity index (χ2v) is 6.64. The molecular weight excluding hydrogens is 469 g/mol. The first-order chi connectivity index (χ1) is 13.2. The van der Waals surface area contributed by atoms with Gasteiger partial charge in [-0.2, -0.15) is 0 Å². The van der Waals surface area contributed by atoms with E-state index in [1.165, 1.54) is 5.56 Å². The lowest BCUT2D eigenvalue weighted by molar-refractivity contribution is 0.140. The summed E-state index contributed by atoms with van der Waals surface area (Å²) in [5.74, 6) is 1.71. The molecule has 0 spiro atoms. The summed E-state index contributed by atoms with van der Waals surface area (Å²) in [6, 6.07) is 6.28. The van der Waals surface area contributed by atoms with Gasteiger partial charge in [0.2, 0.25) is 0 Å². The van der Waals surface area contributed by atoms with Crippen molar-refractivity contribution in [2.45, 2.75) is 39.5 Å².